The van der Waals surface area contributed by atoms with Gasteiger partial charge in [0, 0.05) is 43.4 Å². The van der Waals surface area contributed by atoms with Crippen LogP contribution in [0.3, 0.4) is 0 Å². The lowest BCUT2D eigenvalue weighted by atomic mass is 10.1. The molecule has 0 spiro atoms. The van der Waals surface area contributed by atoms with Gasteiger partial charge in [0.05, 0.1) is 19.8 Å². The van der Waals surface area contributed by atoms with Crippen LogP contribution < -0.4 is 0 Å². The first-order chi connectivity index (χ1) is 14.7. The molecule has 30 heavy (non-hydrogen) atoms. The summed E-state index contributed by atoms with van der Waals surface area (Å²) in [4.78, 5) is 12.9. The van der Waals surface area contributed by atoms with Gasteiger partial charge in [-0.05, 0) is 29.8 Å². The first-order valence-corrected chi connectivity index (χ1v) is 9.87. The van der Waals surface area contributed by atoms with Crippen molar-refractivity contribution >= 4 is 12.1 Å². The average molecular weight is 405 g/mol. The van der Waals surface area contributed by atoms with Gasteiger partial charge in [0.25, 0.3) is 0 Å². The number of pyridine rings is 1. The van der Waals surface area contributed by atoms with Crippen molar-refractivity contribution in [1.29, 1.82) is 0 Å². The third-order valence-electron chi connectivity index (χ3n) is 4.98. The molecule has 0 radical (unpaired) electrons. The number of nitrogens with zero attached hydrogens (tertiary/aromatic N) is 5. The molecule has 154 valence electrons. The fraction of sp³-hybridized carbons (Fsp3) is 0.318. The Labute approximate surface area is 174 Å². The van der Waals surface area contributed by atoms with E-state index in [2.05, 4.69) is 39.1 Å². The number of hydrogen-bond acceptors (Lipinski definition) is 6. The molecule has 4 rings (SSSR count). The molecular formula is C22H23N5O3. The molecule has 1 aliphatic rings. The Morgan fingerprint density at radius 2 is 1.87 bits per heavy atom. The molecule has 2 aromatic heterocycles. The summed E-state index contributed by atoms with van der Waals surface area (Å²) in [6, 6.07) is 12.1. The summed E-state index contributed by atoms with van der Waals surface area (Å²) in [5.74, 6) is 7.03. The van der Waals surface area contributed by atoms with Gasteiger partial charge in [0.15, 0.2) is 5.65 Å². The number of ether oxygens (including phenoxy) is 1. The Hall–Kier alpha value is -3.25. The maximum atomic E-state index is 10.5. The third kappa shape index (κ3) is 5.02. The topological polar surface area (TPSA) is 83.2 Å². The van der Waals surface area contributed by atoms with Crippen LogP contribution in [0.15, 0.2) is 42.6 Å². The molecule has 0 unspecified atom stereocenters. The summed E-state index contributed by atoms with van der Waals surface area (Å²) < 4.78 is 7.21. The first kappa shape index (κ1) is 20.0. The van der Waals surface area contributed by atoms with Crippen LogP contribution in [-0.2, 0) is 22.5 Å². The molecule has 8 nitrogen and oxygen atoms in total. The summed E-state index contributed by atoms with van der Waals surface area (Å²) >= 11 is 0. The van der Waals surface area contributed by atoms with Crippen molar-refractivity contribution < 1.29 is 14.7 Å². The van der Waals surface area contributed by atoms with E-state index in [1.54, 1.807) is 0 Å². The van der Waals surface area contributed by atoms with Crippen molar-refractivity contribution in [3.05, 3.63) is 65.1 Å². The number of carbonyl (C=O) groups is 1. The molecule has 1 saturated heterocycles. The average Bonchev–Trinajstić information content (AvgIpc) is 3.20. The standard InChI is InChI=1S/C22H23N5O3/c28-17-26(29)9-8-21-23-24-22-15-19(7-10-27(21)22)4-1-18-2-5-20(6-3-18)16-25-11-13-30-14-12-25/h2-3,5-7,10,15,17,29H,8-9,11-14,16H2. The maximum absolute atomic E-state index is 10.5. The number of hydrogen-bond donors (Lipinski definition) is 1. The van der Waals surface area contributed by atoms with Crippen LogP contribution in [0.5, 0.6) is 0 Å². The lowest BCUT2D eigenvalue weighted by Crippen LogP contribution is -2.35. The molecule has 0 aliphatic carbocycles. The van der Waals surface area contributed by atoms with Crippen LogP contribution in [0.4, 0.5) is 0 Å². The zero-order valence-electron chi connectivity index (χ0n) is 16.6. The van der Waals surface area contributed by atoms with E-state index in [0.29, 0.717) is 29.4 Å². The largest absolute Gasteiger partial charge is 0.379 e. The van der Waals surface area contributed by atoms with Gasteiger partial charge in [0.2, 0.25) is 6.41 Å². The second-order valence-corrected chi connectivity index (χ2v) is 7.11. The SMILES string of the molecule is O=CN(O)CCc1nnc2cc(C#Cc3ccc(CN4CCOCC4)cc3)ccn12. The highest BCUT2D eigenvalue weighted by molar-refractivity contribution is 5.50. The molecule has 0 bridgehead atoms. The minimum atomic E-state index is 0.160. The predicted octanol–water partition coefficient (Wildman–Crippen LogP) is 1.35. The van der Waals surface area contributed by atoms with Gasteiger partial charge in [0.1, 0.15) is 5.82 Å². The van der Waals surface area contributed by atoms with Crippen LogP contribution in [0.2, 0.25) is 0 Å². The minimum absolute atomic E-state index is 0.160. The Kier molecular flexibility index (Phi) is 6.35. The number of amides is 1. The number of carbonyl (C=O) groups excluding carboxylic acids is 1. The van der Waals surface area contributed by atoms with Crippen molar-refractivity contribution in [3.63, 3.8) is 0 Å². The summed E-state index contributed by atoms with van der Waals surface area (Å²) in [6.45, 7) is 4.66. The van der Waals surface area contributed by atoms with Crippen LogP contribution in [-0.4, -0.2) is 69.0 Å². The summed E-state index contributed by atoms with van der Waals surface area (Å²) in [5, 5.41) is 18.1. The Bertz CT molecular complexity index is 1060. The molecule has 1 aliphatic heterocycles. The van der Waals surface area contributed by atoms with E-state index in [1.165, 1.54) is 5.56 Å². The second-order valence-electron chi connectivity index (χ2n) is 7.11. The van der Waals surface area contributed by atoms with E-state index in [4.69, 9.17) is 4.74 Å². The zero-order valence-corrected chi connectivity index (χ0v) is 16.6. The minimum Gasteiger partial charge on any atom is -0.379 e. The van der Waals surface area contributed by atoms with Gasteiger partial charge in [-0.3, -0.25) is 19.3 Å². The smallest absolute Gasteiger partial charge is 0.233 e. The number of aromatic nitrogens is 3. The van der Waals surface area contributed by atoms with Gasteiger partial charge in [-0.15, -0.1) is 10.2 Å². The lowest BCUT2D eigenvalue weighted by Gasteiger charge is -2.26. The van der Waals surface area contributed by atoms with Crippen molar-refractivity contribution in [3.8, 4) is 11.8 Å². The van der Waals surface area contributed by atoms with Gasteiger partial charge in [-0.2, -0.15) is 0 Å². The third-order valence-corrected chi connectivity index (χ3v) is 4.98. The quantitative estimate of drug-likeness (QED) is 0.289. The summed E-state index contributed by atoms with van der Waals surface area (Å²) in [5.41, 5.74) is 3.75. The lowest BCUT2D eigenvalue weighted by molar-refractivity contribution is -0.149. The number of fused-ring (bicyclic) bond motifs is 1. The Morgan fingerprint density at radius 3 is 2.63 bits per heavy atom. The van der Waals surface area contributed by atoms with E-state index in [0.717, 1.165) is 44.0 Å². The van der Waals surface area contributed by atoms with E-state index >= 15 is 0 Å². The van der Waals surface area contributed by atoms with E-state index < -0.39 is 0 Å². The second kappa shape index (κ2) is 9.50. The molecule has 1 fully saturated rings. The Morgan fingerprint density at radius 1 is 1.10 bits per heavy atom. The maximum Gasteiger partial charge on any atom is 0.233 e. The van der Waals surface area contributed by atoms with Gasteiger partial charge in [-0.25, -0.2) is 5.06 Å². The van der Waals surface area contributed by atoms with Crippen LogP contribution in [0.25, 0.3) is 5.65 Å². The molecule has 3 heterocycles. The highest BCUT2D eigenvalue weighted by Crippen LogP contribution is 2.10. The number of morpholine rings is 1. The monoisotopic (exact) mass is 405 g/mol. The molecule has 1 aromatic carbocycles. The number of rotatable bonds is 6. The van der Waals surface area contributed by atoms with Gasteiger partial charge >= 0.3 is 0 Å². The first-order valence-electron chi connectivity index (χ1n) is 9.87. The fourth-order valence-electron chi connectivity index (χ4n) is 3.31. The summed E-state index contributed by atoms with van der Waals surface area (Å²) in [7, 11) is 0. The van der Waals surface area contributed by atoms with Gasteiger partial charge < -0.3 is 4.74 Å². The van der Waals surface area contributed by atoms with Crippen molar-refractivity contribution in [1.82, 2.24) is 24.6 Å². The van der Waals surface area contributed by atoms with Crippen LogP contribution in [0, 0.1) is 11.8 Å². The molecule has 8 heteroatoms. The molecule has 0 atom stereocenters. The van der Waals surface area contributed by atoms with Crippen molar-refractivity contribution in [2.75, 3.05) is 32.8 Å². The van der Waals surface area contributed by atoms with Crippen molar-refractivity contribution in [2.45, 2.75) is 13.0 Å². The Balaban J connectivity index is 1.41. The zero-order chi connectivity index (χ0) is 20.8. The predicted molar refractivity (Wildman–Crippen MR) is 110 cm³/mol. The fourth-order valence-corrected chi connectivity index (χ4v) is 3.31. The van der Waals surface area contributed by atoms with E-state index in [-0.39, 0.29) is 6.54 Å². The highest BCUT2D eigenvalue weighted by Gasteiger charge is 2.10. The normalized spacial score (nSPS) is 14.3. The molecular weight excluding hydrogens is 382 g/mol. The highest BCUT2D eigenvalue weighted by atomic mass is 16.5. The van der Waals surface area contributed by atoms with Crippen LogP contribution >= 0.6 is 0 Å². The van der Waals surface area contributed by atoms with Crippen LogP contribution in [0.1, 0.15) is 22.5 Å². The number of hydroxylamine groups is 2. The van der Waals surface area contributed by atoms with E-state index in [1.807, 2.05) is 34.9 Å². The van der Waals surface area contributed by atoms with E-state index in [9.17, 15) is 10.0 Å². The van der Waals surface area contributed by atoms with Crippen molar-refractivity contribution in [2.24, 2.45) is 0 Å². The molecule has 3 aromatic rings. The summed E-state index contributed by atoms with van der Waals surface area (Å²) in [6.07, 6.45) is 2.62. The molecule has 1 amide bonds. The molecule has 1 N–H and O–H groups in total. The van der Waals surface area contributed by atoms with Gasteiger partial charge in [-0.1, -0.05) is 24.0 Å². The number of benzene rings is 1. The molecule has 0 saturated carbocycles.